The van der Waals surface area contributed by atoms with Crippen LogP contribution in [0.1, 0.15) is 25.3 Å². The molecule has 0 bridgehead atoms. The van der Waals surface area contributed by atoms with Gasteiger partial charge in [0, 0.05) is 19.1 Å². The Balaban J connectivity index is 1.41. The molecule has 3 heterocycles. The molecule has 1 aromatic carbocycles. The number of carbonyl (C=O) groups excluding carboxylic acids is 3. The van der Waals surface area contributed by atoms with Crippen LogP contribution in [-0.4, -0.2) is 51.4 Å². The monoisotopic (exact) mass is 357 g/mol. The summed E-state index contributed by atoms with van der Waals surface area (Å²) in [6, 6.07) is 6.21. The third-order valence-corrected chi connectivity index (χ3v) is 5.04. The number of para-hydroxylation sites is 2. The fourth-order valence-corrected chi connectivity index (χ4v) is 3.72. The lowest BCUT2D eigenvalue weighted by molar-refractivity contribution is -0.135. The normalized spacial score (nSPS) is 21.1. The highest BCUT2D eigenvalue weighted by Crippen LogP contribution is 2.25. The van der Waals surface area contributed by atoms with E-state index in [1.807, 2.05) is 24.3 Å². The van der Waals surface area contributed by atoms with Gasteiger partial charge in [0.1, 0.15) is 6.04 Å². The summed E-state index contributed by atoms with van der Waals surface area (Å²) >= 11 is 0. The summed E-state index contributed by atoms with van der Waals surface area (Å²) in [7, 11) is 0. The van der Waals surface area contributed by atoms with Gasteiger partial charge in [-0.15, -0.1) is 0 Å². The second-order valence-electron chi connectivity index (χ2n) is 6.65. The Morgan fingerprint density at radius 3 is 2.54 bits per heavy atom. The number of hydrogen-bond acceptors (Lipinski definition) is 4. The van der Waals surface area contributed by atoms with Crippen LogP contribution in [0.4, 0.5) is 4.79 Å². The molecule has 2 aromatic rings. The highest BCUT2D eigenvalue weighted by molar-refractivity contribution is 6.05. The van der Waals surface area contributed by atoms with Gasteiger partial charge in [-0.05, 0) is 25.0 Å². The number of likely N-dealkylation sites (tertiary alicyclic amines) is 1. The SMILES string of the molecule is O=C1NC(=O)[C@H](CC(=O)N2CCC(n3c(=O)[nH]c4ccccc43)CC2)N1. The Morgan fingerprint density at radius 2 is 1.85 bits per heavy atom. The molecule has 3 N–H and O–H groups in total. The Labute approximate surface area is 148 Å². The molecule has 136 valence electrons. The first-order chi connectivity index (χ1) is 12.5. The second-order valence-corrected chi connectivity index (χ2v) is 6.65. The van der Waals surface area contributed by atoms with Gasteiger partial charge in [-0.3, -0.25) is 19.5 Å². The van der Waals surface area contributed by atoms with Crippen molar-refractivity contribution >= 4 is 28.9 Å². The van der Waals surface area contributed by atoms with Gasteiger partial charge in [-0.25, -0.2) is 9.59 Å². The van der Waals surface area contributed by atoms with Gasteiger partial charge in [0.2, 0.25) is 5.91 Å². The molecule has 0 radical (unpaired) electrons. The standard InChI is InChI=1S/C17H19N5O4/c23-14(9-12-15(24)20-16(25)18-12)21-7-5-10(6-8-21)22-13-4-2-1-3-11(13)19-17(22)26/h1-4,10,12H,5-9H2,(H,19,26)(H2,18,20,24,25)/t12-/m0/s1. The maximum absolute atomic E-state index is 12.4. The molecule has 0 spiro atoms. The van der Waals surface area contributed by atoms with E-state index in [1.54, 1.807) is 9.47 Å². The molecule has 2 fully saturated rings. The van der Waals surface area contributed by atoms with Crippen molar-refractivity contribution in [3.63, 3.8) is 0 Å². The number of amides is 4. The third kappa shape index (κ3) is 2.85. The zero-order valence-electron chi connectivity index (χ0n) is 14.0. The number of piperidine rings is 1. The minimum atomic E-state index is -0.802. The number of fused-ring (bicyclic) bond motifs is 1. The van der Waals surface area contributed by atoms with Gasteiger partial charge < -0.3 is 15.2 Å². The zero-order valence-corrected chi connectivity index (χ0v) is 14.0. The zero-order chi connectivity index (χ0) is 18.3. The lowest BCUT2D eigenvalue weighted by atomic mass is 10.0. The van der Waals surface area contributed by atoms with Crippen molar-refractivity contribution in [1.82, 2.24) is 25.1 Å². The average Bonchev–Trinajstić information content (AvgIpc) is 3.12. The van der Waals surface area contributed by atoms with Gasteiger partial charge in [0.25, 0.3) is 5.91 Å². The first kappa shape index (κ1) is 16.4. The van der Waals surface area contributed by atoms with Crippen molar-refractivity contribution < 1.29 is 14.4 Å². The molecular weight excluding hydrogens is 338 g/mol. The lowest BCUT2D eigenvalue weighted by Gasteiger charge is -2.33. The first-order valence-corrected chi connectivity index (χ1v) is 8.61. The van der Waals surface area contributed by atoms with E-state index in [0.29, 0.717) is 25.9 Å². The minimum absolute atomic E-state index is 0.0252. The number of benzene rings is 1. The molecule has 2 aliphatic heterocycles. The topological polar surface area (TPSA) is 116 Å². The van der Waals surface area contributed by atoms with Crippen LogP contribution in [0.2, 0.25) is 0 Å². The van der Waals surface area contributed by atoms with Crippen molar-refractivity contribution in [2.45, 2.75) is 31.3 Å². The summed E-state index contributed by atoms with van der Waals surface area (Å²) in [6.07, 6.45) is 1.28. The molecule has 1 atom stereocenters. The predicted octanol–water partition coefficient (Wildman–Crippen LogP) is 0.0912. The molecule has 2 saturated heterocycles. The van der Waals surface area contributed by atoms with Gasteiger partial charge in [-0.1, -0.05) is 12.1 Å². The van der Waals surface area contributed by atoms with Crippen LogP contribution in [0, 0.1) is 0 Å². The van der Waals surface area contributed by atoms with Crippen LogP contribution in [0.15, 0.2) is 29.1 Å². The second kappa shape index (κ2) is 6.32. The molecule has 4 amide bonds. The third-order valence-electron chi connectivity index (χ3n) is 5.04. The molecule has 9 nitrogen and oxygen atoms in total. The predicted molar refractivity (Wildman–Crippen MR) is 92.5 cm³/mol. The molecule has 0 saturated carbocycles. The number of nitrogens with one attached hydrogen (secondary N) is 3. The van der Waals surface area contributed by atoms with Crippen LogP contribution in [0.25, 0.3) is 11.0 Å². The Kier molecular flexibility index (Phi) is 3.98. The summed E-state index contributed by atoms with van der Waals surface area (Å²) < 4.78 is 1.77. The molecule has 0 unspecified atom stereocenters. The maximum atomic E-state index is 12.4. The molecule has 4 rings (SSSR count). The van der Waals surface area contributed by atoms with E-state index >= 15 is 0 Å². The molecular formula is C17H19N5O4. The van der Waals surface area contributed by atoms with E-state index < -0.39 is 18.0 Å². The van der Waals surface area contributed by atoms with E-state index in [0.717, 1.165) is 11.0 Å². The van der Waals surface area contributed by atoms with Gasteiger partial charge in [0.15, 0.2) is 0 Å². The number of carbonyl (C=O) groups is 3. The quantitative estimate of drug-likeness (QED) is 0.675. The van der Waals surface area contributed by atoms with E-state index in [9.17, 15) is 19.2 Å². The first-order valence-electron chi connectivity index (χ1n) is 8.61. The smallest absolute Gasteiger partial charge is 0.326 e. The highest BCUT2D eigenvalue weighted by atomic mass is 16.2. The molecule has 9 heteroatoms. The number of H-pyrrole nitrogens is 1. The Hall–Kier alpha value is -3.10. The van der Waals surface area contributed by atoms with Crippen molar-refractivity contribution in [2.75, 3.05) is 13.1 Å². The van der Waals surface area contributed by atoms with Crippen LogP contribution < -0.4 is 16.3 Å². The van der Waals surface area contributed by atoms with Crippen molar-refractivity contribution in [3.05, 3.63) is 34.7 Å². The number of aromatic nitrogens is 2. The average molecular weight is 357 g/mol. The minimum Gasteiger partial charge on any atom is -0.342 e. The number of rotatable bonds is 3. The van der Waals surface area contributed by atoms with E-state index in [-0.39, 0.29) is 24.1 Å². The van der Waals surface area contributed by atoms with Crippen molar-refractivity contribution in [1.29, 1.82) is 0 Å². The van der Waals surface area contributed by atoms with E-state index in [2.05, 4.69) is 15.6 Å². The number of imidazole rings is 1. The number of nitrogens with zero attached hydrogens (tertiary/aromatic N) is 2. The lowest BCUT2D eigenvalue weighted by Crippen LogP contribution is -2.43. The van der Waals surface area contributed by atoms with E-state index in [1.165, 1.54) is 0 Å². The maximum Gasteiger partial charge on any atom is 0.326 e. The Morgan fingerprint density at radius 1 is 1.12 bits per heavy atom. The molecule has 0 aliphatic carbocycles. The van der Waals surface area contributed by atoms with Gasteiger partial charge in [-0.2, -0.15) is 0 Å². The summed E-state index contributed by atoms with van der Waals surface area (Å²) in [5.74, 6) is -0.638. The van der Waals surface area contributed by atoms with Crippen LogP contribution in [0.3, 0.4) is 0 Å². The summed E-state index contributed by atoms with van der Waals surface area (Å²) in [6.45, 7) is 1.02. The molecule has 26 heavy (non-hydrogen) atoms. The van der Waals surface area contributed by atoms with Gasteiger partial charge in [0.05, 0.1) is 17.5 Å². The number of imide groups is 1. The fourth-order valence-electron chi connectivity index (χ4n) is 3.72. The summed E-state index contributed by atoms with van der Waals surface area (Å²) in [4.78, 5) is 51.9. The molecule has 2 aliphatic rings. The van der Waals surface area contributed by atoms with Crippen molar-refractivity contribution in [3.8, 4) is 0 Å². The number of hydrogen-bond donors (Lipinski definition) is 3. The van der Waals surface area contributed by atoms with Crippen LogP contribution >= 0.6 is 0 Å². The number of urea groups is 1. The largest absolute Gasteiger partial charge is 0.342 e. The van der Waals surface area contributed by atoms with Crippen molar-refractivity contribution in [2.24, 2.45) is 0 Å². The summed E-state index contributed by atoms with van der Waals surface area (Å²) in [5, 5.41) is 4.56. The van der Waals surface area contributed by atoms with Crippen LogP contribution in [-0.2, 0) is 9.59 Å². The Bertz CT molecular complexity index is 938. The number of aromatic amines is 1. The fraction of sp³-hybridized carbons (Fsp3) is 0.412. The molecule has 1 aromatic heterocycles. The van der Waals surface area contributed by atoms with Crippen LogP contribution in [0.5, 0.6) is 0 Å². The van der Waals surface area contributed by atoms with Gasteiger partial charge >= 0.3 is 11.7 Å². The highest BCUT2D eigenvalue weighted by Gasteiger charge is 2.34. The summed E-state index contributed by atoms with van der Waals surface area (Å²) in [5.41, 5.74) is 1.54. The van der Waals surface area contributed by atoms with E-state index in [4.69, 9.17) is 0 Å².